The van der Waals surface area contributed by atoms with Crippen molar-refractivity contribution in [1.29, 1.82) is 0 Å². The summed E-state index contributed by atoms with van der Waals surface area (Å²) in [6, 6.07) is 6.38. The quantitative estimate of drug-likeness (QED) is 0.860. The van der Waals surface area contributed by atoms with Gasteiger partial charge in [0.25, 0.3) is 5.91 Å². The maximum absolute atomic E-state index is 11.6. The van der Waals surface area contributed by atoms with Gasteiger partial charge in [-0.15, -0.1) is 10.2 Å². The van der Waals surface area contributed by atoms with Crippen LogP contribution < -0.4 is 5.32 Å². The van der Waals surface area contributed by atoms with Crippen LogP contribution in [-0.2, 0) is 0 Å². The van der Waals surface area contributed by atoms with Crippen molar-refractivity contribution in [3.63, 3.8) is 0 Å². The lowest BCUT2D eigenvalue weighted by molar-refractivity contribution is 0.102. The van der Waals surface area contributed by atoms with Gasteiger partial charge in [-0.1, -0.05) is 11.6 Å². The van der Waals surface area contributed by atoms with Crippen LogP contribution in [0.3, 0.4) is 0 Å². The number of amides is 1. The van der Waals surface area contributed by atoms with Crippen molar-refractivity contribution in [2.24, 2.45) is 0 Å². The smallest absolute Gasteiger partial charge is 0.276 e. The van der Waals surface area contributed by atoms with E-state index < -0.39 is 0 Å². The molecule has 0 radical (unpaired) electrons. The molecule has 0 aliphatic carbocycles. The highest BCUT2D eigenvalue weighted by molar-refractivity contribution is 6.29. The highest BCUT2D eigenvalue weighted by Gasteiger charge is 2.07. The van der Waals surface area contributed by atoms with Gasteiger partial charge >= 0.3 is 0 Å². The van der Waals surface area contributed by atoms with Crippen molar-refractivity contribution in [3.05, 3.63) is 47.5 Å². The monoisotopic (exact) mass is 234 g/mol. The van der Waals surface area contributed by atoms with Gasteiger partial charge in [-0.05, 0) is 24.3 Å². The van der Waals surface area contributed by atoms with Crippen LogP contribution in [0.4, 0.5) is 5.69 Å². The number of halogens is 1. The summed E-state index contributed by atoms with van der Waals surface area (Å²) in [6.07, 6.45) is 3.17. The molecule has 0 bridgehead atoms. The SMILES string of the molecule is O=C(Nc1ccncc1)c1ccc(Cl)nn1. The first-order valence-electron chi connectivity index (χ1n) is 4.46. The lowest BCUT2D eigenvalue weighted by atomic mass is 10.3. The topological polar surface area (TPSA) is 67.8 Å². The molecule has 80 valence electrons. The molecule has 0 saturated heterocycles. The van der Waals surface area contributed by atoms with Gasteiger partial charge in [0.15, 0.2) is 10.8 Å². The van der Waals surface area contributed by atoms with E-state index in [9.17, 15) is 4.79 Å². The Morgan fingerprint density at radius 2 is 1.88 bits per heavy atom. The highest BCUT2D eigenvalue weighted by atomic mass is 35.5. The molecule has 5 nitrogen and oxygen atoms in total. The average Bonchev–Trinajstić information content (AvgIpc) is 2.31. The van der Waals surface area contributed by atoms with Gasteiger partial charge in [-0.25, -0.2) is 0 Å². The minimum atomic E-state index is -0.338. The lowest BCUT2D eigenvalue weighted by Crippen LogP contribution is -2.14. The molecule has 6 heteroatoms. The second-order valence-corrected chi connectivity index (χ2v) is 3.32. The van der Waals surface area contributed by atoms with Gasteiger partial charge in [0.2, 0.25) is 0 Å². The molecule has 0 aromatic carbocycles. The Morgan fingerprint density at radius 3 is 2.50 bits per heavy atom. The summed E-state index contributed by atoms with van der Waals surface area (Å²) in [4.78, 5) is 15.5. The Hall–Kier alpha value is -2.01. The zero-order chi connectivity index (χ0) is 11.4. The molecule has 1 amide bonds. The molecule has 2 rings (SSSR count). The minimum Gasteiger partial charge on any atom is -0.320 e. The number of carbonyl (C=O) groups excluding carboxylic acids is 1. The molecule has 2 aromatic rings. The third kappa shape index (κ3) is 2.52. The molecule has 0 fully saturated rings. The number of pyridine rings is 1. The summed E-state index contributed by atoms with van der Waals surface area (Å²) in [5.41, 5.74) is 0.859. The molecule has 1 N–H and O–H groups in total. The summed E-state index contributed by atoms with van der Waals surface area (Å²) in [6.45, 7) is 0. The third-order valence-corrected chi connectivity index (χ3v) is 2.00. The van der Waals surface area contributed by atoms with Crippen molar-refractivity contribution >= 4 is 23.2 Å². The minimum absolute atomic E-state index is 0.209. The van der Waals surface area contributed by atoms with Gasteiger partial charge in [0.1, 0.15) is 0 Å². The van der Waals surface area contributed by atoms with Gasteiger partial charge in [0, 0.05) is 18.1 Å². The van der Waals surface area contributed by atoms with E-state index in [1.165, 1.54) is 12.1 Å². The molecule has 16 heavy (non-hydrogen) atoms. The van der Waals surface area contributed by atoms with Crippen LogP contribution in [0.5, 0.6) is 0 Å². The Balaban J connectivity index is 2.12. The zero-order valence-corrected chi connectivity index (χ0v) is 8.85. The molecule has 0 unspecified atom stereocenters. The van der Waals surface area contributed by atoms with E-state index in [2.05, 4.69) is 20.5 Å². The van der Waals surface area contributed by atoms with Crippen LogP contribution in [-0.4, -0.2) is 21.1 Å². The highest BCUT2D eigenvalue weighted by Crippen LogP contribution is 2.07. The molecule has 2 heterocycles. The fourth-order valence-corrected chi connectivity index (χ4v) is 1.17. The third-order valence-electron chi connectivity index (χ3n) is 1.80. The van der Waals surface area contributed by atoms with E-state index in [-0.39, 0.29) is 16.8 Å². The summed E-state index contributed by atoms with van der Waals surface area (Å²) < 4.78 is 0. The zero-order valence-electron chi connectivity index (χ0n) is 8.09. The van der Waals surface area contributed by atoms with Crippen molar-refractivity contribution in [3.8, 4) is 0 Å². The van der Waals surface area contributed by atoms with Crippen LogP contribution in [0.1, 0.15) is 10.5 Å². The van der Waals surface area contributed by atoms with E-state index in [1.54, 1.807) is 24.5 Å². The predicted octanol–water partition coefficient (Wildman–Crippen LogP) is 1.78. The summed E-state index contributed by atoms with van der Waals surface area (Å²) in [7, 11) is 0. The molecule has 0 aliphatic heterocycles. The molecule has 0 saturated carbocycles. The van der Waals surface area contributed by atoms with Crippen molar-refractivity contribution < 1.29 is 4.79 Å². The number of rotatable bonds is 2. The van der Waals surface area contributed by atoms with E-state index in [0.717, 1.165) is 0 Å². The number of nitrogens with zero attached hydrogens (tertiary/aromatic N) is 3. The molecule has 0 aliphatic rings. The number of hydrogen-bond acceptors (Lipinski definition) is 4. The van der Waals surface area contributed by atoms with Crippen LogP contribution in [0.25, 0.3) is 0 Å². The van der Waals surface area contributed by atoms with Crippen LogP contribution in [0.2, 0.25) is 5.15 Å². The van der Waals surface area contributed by atoms with Crippen LogP contribution in [0, 0.1) is 0 Å². The first kappa shape index (κ1) is 10.5. The van der Waals surface area contributed by atoms with Crippen molar-refractivity contribution in [1.82, 2.24) is 15.2 Å². The fraction of sp³-hybridized carbons (Fsp3) is 0. The van der Waals surface area contributed by atoms with E-state index in [1.807, 2.05) is 0 Å². The molecule has 0 spiro atoms. The standard InChI is InChI=1S/C10H7ClN4O/c11-9-2-1-8(14-15-9)10(16)13-7-3-5-12-6-4-7/h1-6H,(H,12,13,16). The normalized spacial score (nSPS) is 9.81. The summed E-state index contributed by atoms with van der Waals surface area (Å²) in [5.74, 6) is -0.338. The number of carbonyl (C=O) groups is 1. The Morgan fingerprint density at radius 1 is 1.12 bits per heavy atom. The number of aromatic nitrogens is 3. The first-order valence-corrected chi connectivity index (χ1v) is 4.84. The molecule has 2 aromatic heterocycles. The van der Waals surface area contributed by atoms with Crippen molar-refractivity contribution in [2.45, 2.75) is 0 Å². The average molecular weight is 235 g/mol. The summed E-state index contributed by atoms with van der Waals surface area (Å²) in [5, 5.41) is 10.2. The Kier molecular flexibility index (Phi) is 3.07. The molecular weight excluding hydrogens is 228 g/mol. The number of hydrogen-bond donors (Lipinski definition) is 1. The molecule has 0 atom stereocenters. The second-order valence-electron chi connectivity index (χ2n) is 2.93. The largest absolute Gasteiger partial charge is 0.320 e. The maximum Gasteiger partial charge on any atom is 0.276 e. The Labute approximate surface area is 96.5 Å². The maximum atomic E-state index is 11.6. The first-order chi connectivity index (χ1) is 7.75. The van der Waals surface area contributed by atoms with E-state index >= 15 is 0 Å². The van der Waals surface area contributed by atoms with Gasteiger partial charge in [-0.3, -0.25) is 9.78 Å². The molecular formula is C10H7ClN4O. The van der Waals surface area contributed by atoms with E-state index in [4.69, 9.17) is 11.6 Å². The van der Waals surface area contributed by atoms with Gasteiger partial charge < -0.3 is 5.32 Å². The Bertz CT molecular complexity index is 486. The lowest BCUT2D eigenvalue weighted by Gasteiger charge is -2.02. The fourth-order valence-electron chi connectivity index (χ4n) is 1.07. The van der Waals surface area contributed by atoms with E-state index in [0.29, 0.717) is 5.69 Å². The van der Waals surface area contributed by atoms with Crippen LogP contribution >= 0.6 is 11.6 Å². The second kappa shape index (κ2) is 4.67. The predicted molar refractivity (Wildman–Crippen MR) is 59.2 cm³/mol. The number of anilines is 1. The van der Waals surface area contributed by atoms with Gasteiger partial charge in [-0.2, -0.15) is 0 Å². The van der Waals surface area contributed by atoms with Crippen molar-refractivity contribution in [2.75, 3.05) is 5.32 Å². The van der Waals surface area contributed by atoms with Crippen LogP contribution in [0.15, 0.2) is 36.7 Å². The van der Waals surface area contributed by atoms with Gasteiger partial charge in [0.05, 0.1) is 0 Å². The summed E-state index contributed by atoms with van der Waals surface area (Å²) >= 11 is 5.56. The number of nitrogens with one attached hydrogen (secondary N) is 1.